The van der Waals surface area contributed by atoms with Gasteiger partial charge in [-0.05, 0) is 41.2 Å². The largest absolute Gasteiger partial charge is 0.494 e. The van der Waals surface area contributed by atoms with Crippen LogP contribution in [0.2, 0.25) is 0 Å². The fourth-order valence-corrected chi connectivity index (χ4v) is 2.48. The van der Waals surface area contributed by atoms with Crippen molar-refractivity contribution in [2.24, 2.45) is 0 Å². The van der Waals surface area contributed by atoms with E-state index >= 15 is 0 Å². The number of carbonyl (C=O) groups excluding carboxylic acids is 1. The zero-order valence-corrected chi connectivity index (χ0v) is 15.6. The molecule has 2 aromatic rings. The van der Waals surface area contributed by atoms with E-state index in [1.807, 2.05) is 12.1 Å². The van der Waals surface area contributed by atoms with E-state index in [1.54, 1.807) is 19.0 Å². The maximum absolute atomic E-state index is 11.6. The predicted octanol–water partition coefficient (Wildman–Crippen LogP) is 4.52. The van der Waals surface area contributed by atoms with Crippen LogP contribution in [0, 0.1) is 0 Å². The molecule has 0 aliphatic rings. The van der Waals surface area contributed by atoms with E-state index in [4.69, 9.17) is 4.74 Å². The van der Waals surface area contributed by atoms with Crippen molar-refractivity contribution >= 4 is 6.03 Å². The molecule has 0 aromatic heterocycles. The Balaban J connectivity index is 1.98. The Bertz CT molecular complexity index is 663. The molecule has 0 spiro atoms. The van der Waals surface area contributed by atoms with Crippen LogP contribution in [-0.2, 0) is 0 Å². The van der Waals surface area contributed by atoms with Gasteiger partial charge in [0.15, 0.2) is 0 Å². The van der Waals surface area contributed by atoms with E-state index in [1.165, 1.54) is 16.7 Å². The number of urea groups is 1. The van der Waals surface area contributed by atoms with Gasteiger partial charge in [-0.15, -0.1) is 0 Å². The van der Waals surface area contributed by atoms with Crippen molar-refractivity contribution in [3.63, 3.8) is 0 Å². The molecule has 4 nitrogen and oxygen atoms in total. The smallest absolute Gasteiger partial charge is 0.316 e. The standard InChI is InChI=1S/C21H28N2O2/c1-5-14-25-20-12-10-19(11-13-20)18-8-6-17(7-9-18)16(2)15-22-21(24)23(3)4/h6-13,16H,5,14-15H2,1-4H3,(H,22,24). The number of nitrogens with one attached hydrogen (secondary N) is 1. The lowest BCUT2D eigenvalue weighted by Gasteiger charge is -2.16. The molecule has 0 aliphatic heterocycles. The van der Waals surface area contributed by atoms with Gasteiger partial charge < -0.3 is 15.0 Å². The van der Waals surface area contributed by atoms with E-state index in [0.29, 0.717) is 6.54 Å². The summed E-state index contributed by atoms with van der Waals surface area (Å²) in [6.45, 7) is 5.59. The summed E-state index contributed by atoms with van der Waals surface area (Å²) in [6, 6.07) is 16.6. The monoisotopic (exact) mass is 340 g/mol. The van der Waals surface area contributed by atoms with Gasteiger partial charge in [0.2, 0.25) is 0 Å². The molecular formula is C21H28N2O2. The van der Waals surface area contributed by atoms with Crippen molar-refractivity contribution in [2.45, 2.75) is 26.2 Å². The van der Waals surface area contributed by atoms with Crippen LogP contribution in [0.4, 0.5) is 4.79 Å². The highest BCUT2D eigenvalue weighted by Crippen LogP contribution is 2.24. The van der Waals surface area contributed by atoms with Crippen molar-refractivity contribution < 1.29 is 9.53 Å². The molecule has 2 amide bonds. The van der Waals surface area contributed by atoms with Gasteiger partial charge in [-0.3, -0.25) is 0 Å². The third kappa shape index (κ3) is 5.52. The van der Waals surface area contributed by atoms with Crippen LogP contribution in [-0.4, -0.2) is 38.2 Å². The van der Waals surface area contributed by atoms with E-state index in [2.05, 4.69) is 55.6 Å². The van der Waals surface area contributed by atoms with E-state index in [-0.39, 0.29) is 11.9 Å². The number of amides is 2. The lowest BCUT2D eigenvalue weighted by Crippen LogP contribution is -2.36. The van der Waals surface area contributed by atoms with Crippen molar-refractivity contribution in [3.8, 4) is 16.9 Å². The Morgan fingerprint density at radius 2 is 1.60 bits per heavy atom. The first-order valence-corrected chi connectivity index (χ1v) is 8.79. The molecule has 134 valence electrons. The van der Waals surface area contributed by atoms with Crippen molar-refractivity contribution in [3.05, 3.63) is 54.1 Å². The average molecular weight is 340 g/mol. The fourth-order valence-electron chi connectivity index (χ4n) is 2.48. The number of hydrogen-bond acceptors (Lipinski definition) is 2. The summed E-state index contributed by atoms with van der Waals surface area (Å²) >= 11 is 0. The van der Waals surface area contributed by atoms with Crippen LogP contribution < -0.4 is 10.1 Å². The molecule has 2 aromatic carbocycles. The second-order valence-corrected chi connectivity index (χ2v) is 6.48. The first kappa shape index (κ1) is 18.8. The van der Waals surface area contributed by atoms with Crippen molar-refractivity contribution in [2.75, 3.05) is 27.2 Å². The Labute approximate surface area is 150 Å². The highest BCUT2D eigenvalue weighted by molar-refractivity contribution is 5.73. The van der Waals surface area contributed by atoms with Gasteiger partial charge >= 0.3 is 6.03 Å². The maximum Gasteiger partial charge on any atom is 0.316 e. The molecule has 1 N–H and O–H groups in total. The second-order valence-electron chi connectivity index (χ2n) is 6.48. The molecule has 0 heterocycles. The van der Waals surface area contributed by atoms with Gasteiger partial charge in [0.05, 0.1) is 6.61 Å². The van der Waals surface area contributed by atoms with Crippen LogP contribution in [0.1, 0.15) is 31.7 Å². The van der Waals surface area contributed by atoms with Crippen LogP contribution in [0.3, 0.4) is 0 Å². The molecule has 1 unspecified atom stereocenters. The van der Waals surface area contributed by atoms with Gasteiger partial charge in [0, 0.05) is 20.6 Å². The molecule has 0 radical (unpaired) electrons. The zero-order chi connectivity index (χ0) is 18.2. The van der Waals surface area contributed by atoms with Gasteiger partial charge in [-0.2, -0.15) is 0 Å². The Hall–Kier alpha value is -2.49. The average Bonchev–Trinajstić information content (AvgIpc) is 2.64. The minimum atomic E-state index is -0.0612. The third-order valence-electron chi connectivity index (χ3n) is 4.11. The molecule has 25 heavy (non-hydrogen) atoms. The molecule has 0 bridgehead atoms. The molecule has 2 rings (SSSR count). The summed E-state index contributed by atoms with van der Waals surface area (Å²) in [5.41, 5.74) is 3.56. The number of hydrogen-bond donors (Lipinski definition) is 1. The molecule has 0 saturated carbocycles. The zero-order valence-electron chi connectivity index (χ0n) is 15.6. The number of ether oxygens (including phenoxy) is 1. The normalized spacial score (nSPS) is 11.7. The first-order valence-electron chi connectivity index (χ1n) is 8.79. The highest BCUT2D eigenvalue weighted by atomic mass is 16.5. The van der Waals surface area contributed by atoms with Gasteiger partial charge in [0.25, 0.3) is 0 Å². The lowest BCUT2D eigenvalue weighted by atomic mass is 9.97. The number of rotatable bonds is 7. The Morgan fingerprint density at radius 1 is 1.04 bits per heavy atom. The van der Waals surface area contributed by atoms with Crippen LogP contribution in [0.5, 0.6) is 5.75 Å². The molecule has 0 aliphatic carbocycles. The topological polar surface area (TPSA) is 41.6 Å². The molecule has 1 atom stereocenters. The molecule has 0 saturated heterocycles. The van der Waals surface area contributed by atoms with Crippen molar-refractivity contribution in [1.82, 2.24) is 10.2 Å². The maximum atomic E-state index is 11.6. The summed E-state index contributed by atoms with van der Waals surface area (Å²) in [4.78, 5) is 13.2. The van der Waals surface area contributed by atoms with E-state index in [9.17, 15) is 4.79 Å². The van der Waals surface area contributed by atoms with Gasteiger partial charge in [0.1, 0.15) is 5.75 Å². The summed E-state index contributed by atoms with van der Waals surface area (Å²) in [5, 5.41) is 2.92. The van der Waals surface area contributed by atoms with Gasteiger partial charge in [-0.25, -0.2) is 4.79 Å². The number of nitrogens with zero attached hydrogens (tertiary/aromatic N) is 1. The van der Waals surface area contributed by atoms with Crippen LogP contribution >= 0.6 is 0 Å². The number of benzene rings is 2. The fraction of sp³-hybridized carbons (Fsp3) is 0.381. The highest BCUT2D eigenvalue weighted by Gasteiger charge is 2.09. The minimum absolute atomic E-state index is 0.0612. The summed E-state index contributed by atoms with van der Waals surface area (Å²) in [5.74, 6) is 1.18. The molecule has 4 heteroatoms. The summed E-state index contributed by atoms with van der Waals surface area (Å²) < 4.78 is 5.62. The number of carbonyl (C=O) groups is 1. The first-order chi connectivity index (χ1) is 12.0. The SMILES string of the molecule is CCCOc1ccc(-c2ccc(C(C)CNC(=O)N(C)C)cc2)cc1. The minimum Gasteiger partial charge on any atom is -0.494 e. The Morgan fingerprint density at radius 3 is 2.12 bits per heavy atom. The van der Waals surface area contributed by atoms with E-state index in [0.717, 1.165) is 18.8 Å². The van der Waals surface area contributed by atoms with Crippen LogP contribution in [0.15, 0.2) is 48.5 Å². The third-order valence-corrected chi connectivity index (χ3v) is 4.11. The lowest BCUT2D eigenvalue weighted by molar-refractivity contribution is 0.217. The second kappa shape index (κ2) is 9.11. The Kier molecular flexibility index (Phi) is 6.87. The molecule has 0 fully saturated rings. The van der Waals surface area contributed by atoms with Crippen LogP contribution in [0.25, 0.3) is 11.1 Å². The molecular weight excluding hydrogens is 312 g/mol. The van der Waals surface area contributed by atoms with Gasteiger partial charge in [-0.1, -0.05) is 50.2 Å². The summed E-state index contributed by atoms with van der Waals surface area (Å²) in [6.07, 6.45) is 1.01. The van der Waals surface area contributed by atoms with Crippen molar-refractivity contribution in [1.29, 1.82) is 0 Å². The quantitative estimate of drug-likeness (QED) is 0.805. The summed E-state index contributed by atoms with van der Waals surface area (Å²) in [7, 11) is 3.49. The van der Waals surface area contributed by atoms with E-state index < -0.39 is 0 Å². The predicted molar refractivity (Wildman–Crippen MR) is 103 cm³/mol.